The third kappa shape index (κ3) is 3.04. The predicted octanol–water partition coefficient (Wildman–Crippen LogP) is 4.20. The number of fused-ring (bicyclic) bond motifs is 2. The van der Waals surface area contributed by atoms with E-state index in [4.69, 9.17) is 9.15 Å². The Balaban J connectivity index is 1.65. The van der Waals surface area contributed by atoms with Crippen molar-refractivity contribution in [1.29, 1.82) is 0 Å². The van der Waals surface area contributed by atoms with Gasteiger partial charge in [0, 0.05) is 5.56 Å². The number of oxazole rings is 1. The van der Waals surface area contributed by atoms with Crippen molar-refractivity contribution in [2.45, 2.75) is 0 Å². The number of benzene rings is 3. The lowest BCUT2D eigenvalue weighted by atomic mass is 10.1. The number of esters is 1. The third-order valence-electron chi connectivity index (χ3n) is 3.94. The number of hydrogen-bond donors (Lipinski definition) is 0. The number of hydrogen-bond acceptors (Lipinski definition) is 5. The molecule has 1 aromatic heterocycles. The van der Waals surface area contributed by atoms with E-state index in [1.165, 1.54) is 7.11 Å². The molecule has 4 rings (SSSR count). The molecule has 0 saturated carbocycles. The Morgan fingerprint density at radius 2 is 1.84 bits per heavy atom. The maximum absolute atomic E-state index is 11.2. The molecule has 1 heterocycles. The van der Waals surface area contributed by atoms with Crippen LogP contribution in [0.4, 0.5) is 0 Å². The lowest BCUT2D eigenvalue weighted by Gasteiger charge is -2.06. The standard InChI is InChI=1S/C20H15NO4/c1-23-19(22)12-24-16-9-8-13-10-15(7-6-14(13)11-16)20-21-17-4-2-3-5-18(17)25-20/h2-11H,12H2,1H3. The molecular formula is C20H15NO4. The van der Waals surface area contributed by atoms with Gasteiger partial charge in [-0.2, -0.15) is 0 Å². The minimum absolute atomic E-state index is 0.108. The van der Waals surface area contributed by atoms with Gasteiger partial charge >= 0.3 is 5.97 Å². The molecule has 0 aliphatic rings. The second-order valence-electron chi connectivity index (χ2n) is 5.58. The zero-order chi connectivity index (χ0) is 17.2. The molecule has 3 aromatic carbocycles. The number of aromatic nitrogens is 1. The number of ether oxygens (including phenoxy) is 2. The quantitative estimate of drug-likeness (QED) is 0.524. The highest BCUT2D eigenvalue weighted by Gasteiger charge is 2.09. The number of rotatable bonds is 4. The average molecular weight is 333 g/mol. The van der Waals surface area contributed by atoms with Crippen LogP contribution >= 0.6 is 0 Å². The molecule has 0 saturated heterocycles. The Labute approximate surface area is 143 Å². The van der Waals surface area contributed by atoms with Gasteiger partial charge in [-0.25, -0.2) is 9.78 Å². The molecule has 0 N–H and O–H groups in total. The molecule has 0 atom stereocenters. The van der Waals surface area contributed by atoms with E-state index in [1.807, 2.05) is 60.7 Å². The van der Waals surface area contributed by atoms with E-state index in [-0.39, 0.29) is 6.61 Å². The third-order valence-corrected chi connectivity index (χ3v) is 3.94. The molecule has 0 fully saturated rings. The average Bonchev–Trinajstić information content (AvgIpc) is 3.09. The fraction of sp³-hybridized carbons (Fsp3) is 0.100. The van der Waals surface area contributed by atoms with Crippen LogP contribution in [-0.4, -0.2) is 24.7 Å². The van der Waals surface area contributed by atoms with Crippen LogP contribution in [0.15, 0.2) is 65.1 Å². The summed E-state index contributed by atoms with van der Waals surface area (Å²) in [6.07, 6.45) is 0. The molecule has 0 amide bonds. The Hall–Kier alpha value is -3.34. The summed E-state index contributed by atoms with van der Waals surface area (Å²) in [5.74, 6) is 0.799. The van der Waals surface area contributed by atoms with Crippen LogP contribution in [0.5, 0.6) is 5.75 Å². The minimum atomic E-state index is -0.411. The lowest BCUT2D eigenvalue weighted by molar-refractivity contribution is -0.142. The molecule has 0 aliphatic carbocycles. The lowest BCUT2D eigenvalue weighted by Crippen LogP contribution is -2.12. The van der Waals surface area contributed by atoms with Gasteiger partial charge < -0.3 is 13.9 Å². The molecule has 0 aliphatic heterocycles. The zero-order valence-corrected chi connectivity index (χ0v) is 13.6. The first kappa shape index (κ1) is 15.2. The highest BCUT2D eigenvalue weighted by molar-refractivity contribution is 5.88. The Morgan fingerprint density at radius 3 is 2.68 bits per heavy atom. The Kier molecular flexibility index (Phi) is 3.82. The second-order valence-corrected chi connectivity index (χ2v) is 5.58. The summed E-state index contributed by atoms with van der Waals surface area (Å²) in [7, 11) is 1.33. The van der Waals surface area contributed by atoms with E-state index < -0.39 is 5.97 Å². The summed E-state index contributed by atoms with van der Waals surface area (Å²) in [6, 6.07) is 19.3. The van der Waals surface area contributed by atoms with Gasteiger partial charge in [0.05, 0.1) is 7.11 Å². The van der Waals surface area contributed by atoms with Gasteiger partial charge in [-0.1, -0.05) is 24.3 Å². The van der Waals surface area contributed by atoms with Gasteiger partial charge in [-0.05, 0) is 47.2 Å². The van der Waals surface area contributed by atoms with E-state index >= 15 is 0 Å². The van der Waals surface area contributed by atoms with Crippen molar-refractivity contribution < 1.29 is 18.7 Å². The van der Waals surface area contributed by atoms with Gasteiger partial charge in [0.15, 0.2) is 12.2 Å². The molecule has 0 unspecified atom stereocenters. The molecule has 124 valence electrons. The molecule has 0 bridgehead atoms. The number of methoxy groups -OCH3 is 1. The van der Waals surface area contributed by atoms with E-state index in [1.54, 1.807) is 0 Å². The second kappa shape index (κ2) is 6.28. The maximum atomic E-state index is 11.2. The molecule has 5 heteroatoms. The summed E-state index contributed by atoms with van der Waals surface area (Å²) >= 11 is 0. The van der Waals surface area contributed by atoms with E-state index in [2.05, 4.69) is 9.72 Å². The normalized spacial score (nSPS) is 10.9. The first-order chi connectivity index (χ1) is 12.2. The Bertz CT molecular complexity index is 1030. The number of para-hydroxylation sites is 2. The largest absolute Gasteiger partial charge is 0.482 e. The summed E-state index contributed by atoms with van der Waals surface area (Å²) in [4.78, 5) is 15.7. The smallest absolute Gasteiger partial charge is 0.343 e. The van der Waals surface area contributed by atoms with Crippen molar-refractivity contribution in [3.05, 3.63) is 60.7 Å². The minimum Gasteiger partial charge on any atom is -0.482 e. The molecule has 0 spiro atoms. The van der Waals surface area contributed by atoms with Gasteiger partial charge in [0.2, 0.25) is 5.89 Å². The number of nitrogens with zero attached hydrogens (tertiary/aromatic N) is 1. The summed E-state index contributed by atoms with van der Waals surface area (Å²) < 4.78 is 15.8. The van der Waals surface area contributed by atoms with Crippen LogP contribution < -0.4 is 4.74 Å². The molecule has 0 radical (unpaired) electrons. The van der Waals surface area contributed by atoms with Crippen LogP contribution in [0.1, 0.15) is 0 Å². The molecular weight excluding hydrogens is 318 g/mol. The van der Waals surface area contributed by atoms with Crippen LogP contribution in [0.3, 0.4) is 0 Å². The SMILES string of the molecule is COC(=O)COc1ccc2cc(-c3nc4ccccc4o3)ccc2c1. The van der Waals surface area contributed by atoms with Crippen LogP contribution in [0.25, 0.3) is 33.3 Å². The van der Waals surface area contributed by atoms with E-state index in [0.29, 0.717) is 11.6 Å². The van der Waals surface area contributed by atoms with Gasteiger partial charge in [0.1, 0.15) is 11.3 Å². The van der Waals surface area contributed by atoms with Crippen LogP contribution in [0.2, 0.25) is 0 Å². The summed E-state index contributed by atoms with van der Waals surface area (Å²) in [6.45, 7) is -0.108. The van der Waals surface area contributed by atoms with Crippen molar-refractivity contribution in [1.82, 2.24) is 4.98 Å². The monoisotopic (exact) mass is 333 g/mol. The predicted molar refractivity (Wildman–Crippen MR) is 94.5 cm³/mol. The van der Waals surface area contributed by atoms with Crippen molar-refractivity contribution in [2.24, 2.45) is 0 Å². The fourth-order valence-electron chi connectivity index (χ4n) is 2.64. The molecule has 5 nitrogen and oxygen atoms in total. The highest BCUT2D eigenvalue weighted by Crippen LogP contribution is 2.28. The number of carbonyl (C=O) groups excluding carboxylic acids is 1. The summed E-state index contributed by atoms with van der Waals surface area (Å²) in [5.41, 5.74) is 2.51. The topological polar surface area (TPSA) is 61.6 Å². The highest BCUT2D eigenvalue weighted by atomic mass is 16.6. The van der Waals surface area contributed by atoms with Gasteiger partial charge in [-0.15, -0.1) is 0 Å². The first-order valence-electron chi connectivity index (χ1n) is 7.82. The van der Waals surface area contributed by atoms with Crippen molar-refractivity contribution >= 4 is 27.8 Å². The van der Waals surface area contributed by atoms with Crippen molar-refractivity contribution in [3.8, 4) is 17.2 Å². The van der Waals surface area contributed by atoms with Crippen LogP contribution in [0, 0.1) is 0 Å². The zero-order valence-electron chi connectivity index (χ0n) is 13.6. The fourth-order valence-corrected chi connectivity index (χ4v) is 2.64. The van der Waals surface area contributed by atoms with E-state index in [9.17, 15) is 4.79 Å². The Morgan fingerprint density at radius 1 is 1.04 bits per heavy atom. The van der Waals surface area contributed by atoms with Crippen LogP contribution in [-0.2, 0) is 9.53 Å². The first-order valence-corrected chi connectivity index (χ1v) is 7.82. The summed E-state index contributed by atoms with van der Waals surface area (Å²) in [5, 5.41) is 2.03. The van der Waals surface area contributed by atoms with Gasteiger partial charge in [-0.3, -0.25) is 0 Å². The molecule has 25 heavy (non-hydrogen) atoms. The molecule has 4 aromatic rings. The van der Waals surface area contributed by atoms with Gasteiger partial charge in [0.25, 0.3) is 0 Å². The number of carbonyl (C=O) groups is 1. The van der Waals surface area contributed by atoms with Crippen molar-refractivity contribution in [2.75, 3.05) is 13.7 Å². The maximum Gasteiger partial charge on any atom is 0.343 e. The van der Waals surface area contributed by atoms with Crippen molar-refractivity contribution in [3.63, 3.8) is 0 Å². The van der Waals surface area contributed by atoms with E-state index in [0.717, 1.165) is 27.4 Å².